The van der Waals surface area contributed by atoms with Gasteiger partial charge in [-0.3, -0.25) is 24.0 Å². The number of allylic oxidation sites excluding steroid dienone is 6. The lowest BCUT2D eigenvalue weighted by Crippen LogP contribution is -2.59. The van der Waals surface area contributed by atoms with Gasteiger partial charge in [0.25, 0.3) is 11.7 Å². The summed E-state index contributed by atoms with van der Waals surface area (Å²) in [4.78, 5) is 69.2. The number of Topliss-reactive ketones (excluding diaryl/α,β-unsaturated/α-hetero) is 3. The number of methoxy groups -OCH3 is 2. The molecule has 4 bridgehead atoms. The topological polar surface area (TPSA) is 166 Å². The van der Waals surface area contributed by atoms with E-state index in [-0.39, 0.29) is 49.0 Å². The molecule has 3 aliphatic heterocycles. The number of piperidine rings is 1. The zero-order valence-electron chi connectivity index (χ0n) is 35.2. The van der Waals surface area contributed by atoms with E-state index >= 15 is 0 Å². The van der Waals surface area contributed by atoms with Gasteiger partial charge in [-0.15, -0.1) is 0 Å². The number of rotatable bonds is 3. The number of ether oxygens (including phenoxy) is 4. The van der Waals surface area contributed by atoms with Crippen LogP contribution < -0.4 is 0 Å². The Labute approximate surface area is 333 Å². The molecule has 314 valence electrons. The molecule has 12 nitrogen and oxygen atoms in total. The highest BCUT2D eigenvalue weighted by molar-refractivity contribution is 6.38. The van der Waals surface area contributed by atoms with Crippen molar-refractivity contribution >= 4 is 29.2 Å². The maximum absolute atomic E-state index is 13.8. The molecule has 0 radical (unpaired) electrons. The molecule has 3 aliphatic rings. The third-order valence-electron chi connectivity index (χ3n) is 11.7. The summed E-state index contributed by atoms with van der Waals surface area (Å²) in [5.74, 6) is -7.93. The largest absolute Gasteiger partial charge is 0.461 e. The number of ketones is 3. The highest BCUT2D eigenvalue weighted by Gasteiger charge is 2.52. The van der Waals surface area contributed by atoms with Crippen molar-refractivity contribution in [3.63, 3.8) is 0 Å². The van der Waals surface area contributed by atoms with Crippen molar-refractivity contribution in [2.45, 2.75) is 137 Å². The van der Waals surface area contributed by atoms with Crippen LogP contribution in [0.1, 0.15) is 100 Å². The number of cyclic esters (lactones) is 1. The first-order chi connectivity index (χ1) is 26.3. The lowest BCUT2D eigenvalue weighted by atomic mass is 9.85. The van der Waals surface area contributed by atoms with Crippen LogP contribution in [0.4, 0.5) is 0 Å². The highest BCUT2D eigenvalue weighted by atomic mass is 16.6. The molecule has 1 amide bonds. The van der Waals surface area contributed by atoms with Gasteiger partial charge in [-0.25, -0.2) is 0 Å². The monoisotopic (exact) mass is 785 g/mol. The maximum atomic E-state index is 13.8. The van der Waals surface area contributed by atoms with E-state index in [0.717, 1.165) is 5.57 Å². The van der Waals surface area contributed by atoms with E-state index in [0.29, 0.717) is 44.1 Å². The van der Waals surface area contributed by atoms with Crippen LogP contribution in [-0.2, 0) is 42.9 Å². The second-order valence-corrected chi connectivity index (χ2v) is 16.7. The molecule has 0 spiro atoms. The summed E-state index contributed by atoms with van der Waals surface area (Å²) in [6.45, 7) is 14.6. The van der Waals surface area contributed by atoms with Crippen LogP contribution >= 0.6 is 0 Å². The van der Waals surface area contributed by atoms with Crippen LogP contribution in [0.2, 0.25) is 0 Å². The van der Waals surface area contributed by atoms with Gasteiger partial charge in [0, 0.05) is 57.9 Å². The third kappa shape index (κ3) is 12.4. The molecule has 2 N–H and O–H groups in total. The van der Waals surface area contributed by atoms with E-state index in [9.17, 15) is 34.2 Å². The minimum absolute atomic E-state index is 0.0400. The number of fused-ring (bicyclic) bond motifs is 4. The number of hydrogen-bond donors (Lipinski definition) is 2. The molecule has 0 aromatic carbocycles. The number of carbonyl (C=O) groups is 5. The maximum Gasteiger partial charge on any atom is 0.311 e. The Morgan fingerprint density at radius 2 is 1.61 bits per heavy atom. The minimum Gasteiger partial charge on any atom is -0.461 e. The van der Waals surface area contributed by atoms with E-state index in [1.165, 1.54) is 12.0 Å². The fourth-order valence-electron chi connectivity index (χ4n) is 7.80. The van der Waals surface area contributed by atoms with E-state index < -0.39 is 71.5 Å². The molecule has 3 heterocycles. The molecule has 12 heteroatoms. The molecular formula is C44H67NO11. The fraction of sp³-hybridized carbons (Fsp3) is 0.705. The predicted molar refractivity (Wildman–Crippen MR) is 212 cm³/mol. The van der Waals surface area contributed by atoms with Gasteiger partial charge in [0.1, 0.15) is 24.1 Å². The van der Waals surface area contributed by atoms with Gasteiger partial charge in [-0.05, 0) is 68.9 Å². The minimum atomic E-state index is -2.33. The average molecular weight is 786 g/mol. The summed E-state index contributed by atoms with van der Waals surface area (Å²) in [7, 11) is 2.96. The van der Waals surface area contributed by atoms with E-state index in [1.807, 2.05) is 65.0 Å². The zero-order valence-corrected chi connectivity index (χ0v) is 35.2. The molecular weight excluding hydrogens is 718 g/mol. The van der Waals surface area contributed by atoms with Crippen LogP contribution in [0.5, 0.6) is 0 Å². The fourth-order valence-corrected chi connectivity index (χ4v) is 7.80. The molecule has 1 unspecified atom stereocenters. The summed E-state index contributed by atoms with van der Waals surface area (Å²) < 4.78 is 23.2. The van der Waals surface area contributed by atoms with Crippen LogP contribution in [0, 0.1) is 35.5 Å². The predicted octanol–water partition coefficient (Wildman–Crippen LogP) is 5.49. The molecule has 3 rings (SSSR count). The summed E-state index contributed by atoms with van der Waals surface area (Å²) in [6.07, 6.45) is 9.82. The quantitative estimate of drug-likeness (QED) is 0.211. The number of carbonyl (C=O) groups excluding carboxylic acids is 5. The molecule has 56 heavy (non-hydrogen) atoms. The van der Waals surface area contributed by atoms with Crippen LogP contribution in [0.25, 0.3) is 0 Å². The standard InChI is InChI=1S/C44H67NO11/c1-26(2)36-24-35(46)29(5)22-31(7)39(48)40(54-10)38(47)30(6)21-27(3)15-12-11-13-16-28(4)37(53-9)23-34-19-18-32(8)44(52,56-34)41(49)42(50)45-20-14-17-33(25-45)43(51)55-36/h11-13,15-16,22,26-27,29-30,32-34,36-37,39-40,48,52H,14,17-21,23-25H2,1-10H3/b13-11+,15-12+,28-16?,31-22+/t27-,29-,30-,32-,33?,34+,36+,37+,39-,40+,44-/m1/s1. The van der Waals surface area contributed by atoms with Crippen molar-refractivity contribution in [2.24, 2.45) is 35.5 Å². The lowest BCUT2D eigenvalue weighted by molar-refractivity contribution is -0.265. The van der Waals surface area contributed by atoms with Gasteiger partial charge in [-0.1, -0.05) is 78.0 Å². The van der Waals surface area contributed by atoms with E-state index in [1.54, 1.807) is 34.0 Å². The first-order valence-corrected chi connectivity index (χ1v) is 20.3. The third-order valence-corrected chi connectivity index (χ3v) is 11.7. The Morgan fingerprint density at radius 1 is 0.911 bits per heavy atom. The Hall–Kier alpha value is -3.29. The summed E-state index contributed by atoms with van der Waals surface area (Å²) in [5.41, 5.74) is 1.32. The number of nitrogens with zero attached hydrogens (tertiary/aromatic N) is 1. The van der Waals surface area contributed by atoms with Crippen LogP contribution in [-0.4, -0.2) is 108 Å². The molecule has 2 fully saturated rings. The SMILES string of the molecule is CO[C@H]1C[C@@H]2CC[C@@H](C)[C@@](O)(O2)C(=O)C(=O)N2CCCC(C2)C(=O)O[C@H](C(C)C)CC(=O)[C@H](C)/C=C(\C)[C@@H](O)[C@@H](OC)C(=O)[C@H](C)C[C@H](C)/C=C/C=C/C=C1C. The Morgan fingerprint density at radius 3 is 2.25 bits per heavy atom. The molecule has 0 aromatic rings. The number of aliphatic hydroxyl groups excluding tert-OH is 1. The molecule has 0 aromatic heterocycles. The average Bonchev–Trinajstić information content (AvgIpc) is 3.16. The first kappa shape index (κ1) is 47.1. The Balaban J connectivity index is 1.93. The normalized spacial score (nSPS) is 37.9. The Kier molecular flexibility index (Phi) is 18.0. The molecule has 0 saturated carbocycles. The molecule has 11 atom stereocenters. The van der Waals surface area contributed by atoms with Crippen LogP contribution in [0.15, 0.2) is 47.6 Å². The number of amides is 1. The van der Waals surface area contributed by atoms with Crippen molar-refractivity contribution < 1.29 is 53.1 Å². The van der Waals surface area contributed by atoms with Gasteiger partial charge in [-0.2, -0.15) is 0 Å². The van der Waals surface area contributed by atoms with Crippen molar-refractivity contribution in [2.75, 3.05) is 27.3 Å². The number of aliphatic hydroxyl groups is 2. The summed E-state index contributed by atoms with van der Waals surface area (Å²) >= 11 is 0. The zero-order chi connectivity index (χ0) is 41.9. The summed E-state index contributed by atoms with van der Waals surface area (Å²) in [6, 6.07) is 0. The number of esters is 1. The first-order valence-electron chi connectivity index (χ1n) is 20.3. The molecule has 0 aliphatic carbocycles. The lowest BCUT2D eigenvalue weighted by Gasteiger charge is -2.42. The second-order valence-electron chi connectivity index (χ2n) is 16.7. The van der Waals surface area contributed by atoms with Gasteiger partial charge >= 0.3 is 5.97 Å². The number of hydrogen-bond acceptors (Lipinski definition) is 11. The smallest absolute Gasteiger partial charge is 0.311 e. The van der Waals surface area contributed by atoms with Crippen molar-refractivity contribution in [1.82, 2.24) is 4.90 Å². The van der Waals surface area contributed by atoms with Crippen molar-refractivity contribution in [1.29, 1.82) is 0 Å². The van der Waals surface area contributed by atoms with Crippen LogP contribution in [0.3, 0.4) is 0 Å². The van der Waals surface area contributed by atoms with E-state index in [4.69, 9.17) is 18.9 Å². The molecule has 2 saturated heterocycles. The van der Waals surface area contributed by atoms with Crippen molar-refractivity contribution in [3.8, 4) is 0 Å². The van der Waals surface area contributed by atoms with Crippen molar-refractivity contribution in [3.05, 3.63) is 47.6 Å². The van der Waals surface area contributed by atoms with Gasteiger partial charge in [0.15, 0.2) is 5.78 Å². The summed E-state index contributed by atoms with van der Waals surface area (Å²) in [5, 5.41) is 22.9. The Bertz CT molecular complexity index is 1510. The van der Waals surface area contributed by atoms with Gasteiger partial charge in [0.2, 0.25) is 5.79 Å². The highest BCUT2D eigenvalue weighted by Crippen LogP contribution is 2.36. The second kappa shape index (κ2) is 21.5. The van der Waals surface area contributed by atoms with Gasteiger partial charge in [0.05, 0.1) is 18.1 Å². The van der Waals surface area contributed by atoms with Gasteiger partial charge < -0.3 is 34.1 Å². The van der Waals surface area contributed by atoms with E-state index in [2.05, 4.69) is 0 Å².